The molecule has 154 valence electrons. The van der Waals surface area contributed by atoms with Crippen LogP contribution in [0.4, 0.5) is 0 Å². The van der Waals surface area contributed by atoms with Crippen molar-refractivity contribution in [3.8, 4) is 11.5 Å². The molecule has 0 heterocycles. The number of benzene rings is 1. The average molecular weight is 389 g/mol. The van der Waals surface area contributed by atoms with Crippen LogP contribution in [0, 0.1) is 0 Å². The first-order valence-corrected chi connectivity index (χ1v) is 9.94. The molecule has 6 nitrogen and oxygen atoms in total. The second-order valence-corrected chi connectivity index (χ2v) is 7.09. The van der Waals surface area contributed by atoms with Gasteiger partial charge in [-0.25, -0.2) is 0 Å². The molecule has 2 amide bonds. The van der Waals surface area contributed by atoms with Crippen LogP contribution in [-0.2, 0) is 16.1 Å². The fourth-order valence-electron chi connectivity index (χ4n) is 3.37. The predicted molar refractivity (Wildman–Crippen MR) is 109 cm³/mol. The van der Waals surface area contributed by atoms with Crippen molar-refractivity contribution in [3.63, 3.8) is 0 Å². The quantitative estimate of drug-likeness (QED) is 0.624. The van der Waals surface area contributed by atoms with Gasteiger partial charge >= 0.3 is 0 Å². The Bertz CT molecular complexity index is 700. The van der Waals surface area contributed by atoms with E-state index in [1.165, 1.54) is 25.3 Å². The number of hydrogen-bond acceptors (Lipinski definition) is 4. The molecule has 1 aromatic rings. The molecule has 0 bridgehead atoms. The van der Waals surface area contributed by atoms with Crippen molar-refractivity contribution in [2.45, 2.75) is 52.0 Å². The topological polar surface area (TPSA) is 67.9 Å². The third kappa shape index (κ3) is 6.91. The number of carbonyl (C=O) groups excluding carboxylic acids is 2. The first-order valence-electron chi connectivity index (χ1n) is 9.94. The molecule has 0 saturated carbocycles. The van der Waals surface area contributed by atoms with Crippen molar-refractivity contribution in [2.24, 2.45) is 0 Å². The molecule has 1 aromatic carbocycles. The van der Waals surface area contributed by atoms with Crippen LogP contribution in [0.15, 0.2) is 29.8 Å². The maximum absolute atomic E-state index is 12.1. The smallest absolute Gasteiger partial charge is 0.221 e. The minimum absolute atomic E-state index is 0.0185. The van der Waals surface area contributed by atoms with E-state index in [0.717, 1.165) is 24.8 Å². The maximum atomic E-state index is 12.1. The standard InChI is InChI=1S/C22H32N2O4/c1-17(25)24(16-19-9-10-20(27-2)21(15-19)28-3)14-12-22(26)23-13-11-18-7-5-4-6-8-18/h7,9-10,15H,4-6,8,11-14,16H2,1-3H3,(H,23,26). The minimum atomic E-state index is -0.0602. The lowest BCUT2D eigenvalue weighted by molar-refractivity contribution is -0.130. The maximum Gasteiger partial charge on any atom is 0.221 e. The molecule has 0 atom stereocenters. The van der Waals surface area contributed by atoms with E-state index in [1.807, 2.05) is 18.2 Å². The molecule has 0 unspecified atom stereocenters. The summed E-state index contributed by atoms with van der Waals surface area (Å²) >= 11 is 0. The minimum Gasteiger partial charge on any atom is -0.493 e. The number of amides is 2. The zero-order valence-electron chi connectivity index (χ0n) is 17.3. The Balaban J connectivity index is 1.81. The zero-order valence-corrected chi connectivity index (χ0v) is 17.3. The summed E-state index contributed by atoms with van der Waals surface area (Å²) in [5.74, 6) is 1.19. The van der Waals surface area contributed by atoms with Crippen LogP contribution in [0.1, 0.15) is 51.0 Å². The summed E-state index contributed by atoms with van der Waals surface area (Å²) in [6.07, 6.45) is 8.36. The zero-order chi connectivity index (χ0) is 20.4. The summed E-state index contributed by atoms with van der Waals surface area (Å²) < 4.78 is 10.6. The number of nitrogens with zero attached hydrogens (tertiary/aromatic N) is 1. The van der Waals surface area contributed by atoms with Crippen LogP contribution in [0.25, 0.3) is 0 Å². The van der Waals surface area contributed by atoms with E-state index < -0.39 is 0 Å². The molecule has 0 radical (unpaired) electrons. The number of ether oxygens (including phenoxy) is 2. The van der Waals surface area contributed by atoms with Gasteiger partial charge in [-0.3, -0.25) is 9.59 Å². The molecule has 1 N–H and O–H groups in total. The van der Waals surface area contributed by atoms with Gasteiger partial charge in [0.05, 0.1) is 14.2 Å². The van der Waals surface area contributed by atoms with Gasteiger partial charge in [-0.05, 0) is 49.8 Å². The van der Waals surface area contributed by atoms with E-state index in [-0.39, 0.29) is 11.8 Å². The molecule has 0 fully saturated rings. The second kappa shape index (κ2) is 11.4. The molecule has 0 spiro atoms. The first-order chi connectivity index (χ1) is 13.5. The molecule has 6 heteroatoms. The van der Waals surface area contributed by atoms with Gasteiger partial charge < -0.3 is 19.7 Å². The molecular formula is C22H32N2O4. The highest BCUT2D eigenvalue weighted by molar-refractivity contribution is 5.78. The SMILES string of the molecule is COc1ccc(CN(CCC(=O)NCCC2=CCCCC2)C(C)=O)cc1OC. The van der Waals surface area contributed by atoms with E-state index in [4.69, 9.17) is 9.47 Å². The van der Waals surface area contributed by atoms with E-state index in [1.54, 1.807) is 19.1 Å². The van der Waals surface area contributed by atoms with Gasteiger partial charge in [0.25, 0.3) is 0 Å². The van der Waals surface area contributed by atoms with Gasteiger partial charge in [0.1, 0.15) is 0 Å². The number of rotatable bonds is 10. The fourth-order valence-corrected chi connectivity index (χ4v) is 3.37. The fraction of sp³-hybridized carbons (Fsp3) is 0.545. The molecule has 0 aromatic heterocycles. The number of methoxy groups -OCH3 is 2. The van der Waals surface area contributed by atoms with Crippen molar-refractivity contribution in [2.75, 3.05) is 27.3 Å². The highest BCUT2D eigenvalue weighted by Crippen LogP contribution is 2.28. The Morgan fingerprint density at radius 2 is 1.93 bits per heavy atom. The summed E-state index contributed by atoms with van der Waals surface area (Å²) in [5, 5.41) is 2.97. The van der Waals surface area contributed by atoms with Crippen molar-refractivity contribution >= 4 is 11.8 Å². The Morgan fingerprint density at radius 3 is 2.57 bits per heavy atom. The van der Waals surface area contributed by atoms with E-state index in [0.29, 0.717) is 37.6 Å². The van der Waals surface area contributed by atoms with Crippen LogP contribution in [-0.4, -0.2) is 44.0 Å². The monoisotopic (exact) mass is 388 g/mol. The molecule has 28 heavy (non-hydrogen) atoms. The van der Waals surface area contributed by atoms with Gasteiger partial charge in [-0.15, -0.1) is 0 Å². The predicted octanol–water partition coefficient (Wildman–Crippen LogP) is 3.45. The largest absolute Gasteiger partial charge is 0.493 e. The lowest BCUT2D eigenvalue weighted by Gasteiger charge is -2.21. The van der Waals surface area contributed by atoms with Crippen molar-refractivity contribution < 1.29 is 19.1 Å². The molecule has 0 saturated heterocycles. The highest BCUT2D eigenvalue weighted by Gasteiger charge is 2.14. The van der Waals surface area contributed by atoms with E-state index in [9.17, 15) is 9.59 Å². The van der Waals surface area contributed by atoms with Crippen LogP contribution < -0.4 is 14.8 Å². The summed E-state index contributed by atoms with van der Waals surface area (Å²) in [6, 6.07) is 5.57. The van der Waals surface area contributed by atoms with Crippen molar-refractivity contribution in [1.82, 2.24) is 10.2 Å². The lowest BCUT2D eigenvalue weighted by Crippen LogP contribution is -2.33. The van der Waals surface area contributed by atoms with Crippen LogP contribution in [0.2, 0.25) is 0 Å². The van der Waals surface area contributed by atoms with Crippen LogP contribution in [0.5, 0.6) is 11.5 Å². The summed E-state index contributed by atoms with van der Waals surface area (Å²) in [5.41, 5.74) is 2.38. The van der Waals surface area contributed by atoms with Crippen LogP contribution >= 0.6 is 0 Å². The summed E-state index contributed by atoms with van der Waals surface area (Å²) in [4.78, 5) is 25.8. The molecule has 2 rings (SSSR count). The highest BCUT2D eigenvalue weighted by atomic mass is 16.5. The summed E-state index contributed by atoms with van der Waals surface area (Å²) in [7, 11) is 3.17. The molecule has 1 aliphatic rings. The van der Waals surface area contributed by atoms with Gasteiger partial charge in [0.2, 0.25) is 11.8 Å². The molecule has 1 aliphatic carbocycles. The Morgan fingerprint density at radius 1 is 1.14 bits per heavy atom. The first kappa shape index (κ1) is 21.8. The lowest BCUT2D eigenvalue weighted by atomic mass is 9.97. The third-order valence-electron chi connectivity index (χ3n) is 5.03. The third-order valence-corrected chi connectivity index (χ3v) is 5.03. The Kier molecular flexibility index (Phi) is 8.85. The number of allylic oxidation sites excluding steroid dienone is 1. The molecule has 0 aliphatic heterocycles. The number of carbonyl (C=O) groups is 2. The second-order valence-electron chi connectivity index (χ2n) is 7.09. The van der Waals surface area contributed by atoms with E-state index >= 15 is 0 Å². The molecular weight excluding hydrogens is 356 g/mol. The van der Waals surface area contributed by atoms with E-state index in [2.05, 4.69) is 11.4 Å². The number of hydrogen-bond donors (Lipinski definition) is 1. The van der Waals surface area contributed by atoms with Gasteiger partial charge in [0.15, 0.2) is 11.5 Å². The number of nitrogens with one attached hydrogen (secondary N) is 1. The van der Waals surface area contributed by atoms with Gasteiger partial charge in [-0.2, -0.15) is 0 Å². The Hall–Kier alpha value is -2.50. The van der Waals surface area contributed by atoms with Gasteiger partial charge in [0, 0.05) is 33.0 Å². The van der Waals surface area contributed by atoms with Gasteiger partial charge in [-0.1, -0.05) is 17.7 Å². The summed E-state index contributed by atoms with van der Waals surface area (Å²) in [6.45, 7) is 3.00. The Labute approximate surface area is 167 Å². The normalized spacial score (nSPS) is 13.5. The van der Waals surface area contributed by atoms with Crippen molar-refractivity contribution in [1.29, 1.82) is 0 Å². The van der Waals surface area contributed by atoms with Crippen molar-refractivity contribution in [3.05, 3.63) is 35.4 Å². The average Bonchev–Trinajstić information content (AvgIpc) is 2.71. The van der Waals surface area contributed by atoms with Crippen LogP contribution in [0.3, 0.4) is 0 Å².